The molecule has 3 aromatic rings. The van der Waals surface area contributed by atoms with Crippen LogP contribution in [0.15, 0.2) is 34.9 Å². The topological polar surface area (TPSA) is 106 Å². The van der Waals surface area contributed by atoms with Gasteiger partial charge in [-0.05, 0) is 31.2 Å². The van der Waals surface area contributed by atoms with Crippen molar-refractivity contribution in [2.24, 2.45) is 0 Å². The SMILES string of the molecule is Cc1noc(CCC(=O)N2CCO[C@H](c3cc(CCOc4cccc(Cl)c4)[nH]n3)C2)n1. The molecule has 1 aliphatic rings. The van der Waals surface area contributed by atoms with Gasteiger partial charge in [-0.1, -0.05) is 22.8 Å². The van der Waals surface area contributed by atoms with E-state index in [0.717, 1.165) is 17.1 Å². The third-order valence-corrected chi connectivity index (χ3v) is 5.19. The van der Waals surface area contributed by atoms with Crippen molar-refractivity contribution in [1.29, 1.82) is 0 Å². The van der Waals surface area contributed by atoms with Crippen molar-refractivity contribution >= 4 is 17.5 Å². The molecular formula is C21H24ClN5O4. The molecular weight excluding hydrogens is 422 g/mol. The average molecular weight is 446 g/mol. The number of nitrogens with zero attached hydrogens (tertiary/aromatic N) is 4. The summed E-state index contributed by atoms with van der Waals surface area (Å²) >= 11 is 5.97. The van der Waals surface area contributed by atoms with Crippen LogP contribution >= 0.6 is 11.6 Å². The van der Waals surface area contributed by atoms with E-state index < -0.39 is 0 Å². The molecule has 0 unspecified atom stereocenters. The number of amides is 1. The fourth-order valence-corrected chi connectivity index (χ4v) is 3.56. The number of benzene rings is 1. The molecule has 1 saturated heterocycles. The number of hydrogen-bond acceptors (Lipinski definition) is 7. The van der Waals surface area contributed by atoms with Crippen LogP contribution in [0.4, 0.5) is 0 Å². The number of rotatable bonds is 8. The van der Waals surface area contributed by atoms with Crippen LogP contribution in [0, 0.1) is 6.92 Å². The van der Waals surface area contributed by atoms with Crippen LogP contribution in [0.25, 0.3) is 0 Å². The maximum Gasteiger partial charge on any atom is 0.227 e. The number of ether oxygens (including phenoxy) is 2. The van der Waals surface area contributed by atoms with Gasteiger partial charge >= 0.3 is 0 Å². The zero-order chi connectivity index (χ0) is 21.6. The summed E-state index contributed by atoms with van der Waals surface area (Å²) in [4.78, 5) is 18.5. The van der Waals surface area contributed by atoms with E-state index in [1.54, 1.807) is 24.0 Å². The molecule has 1 fully saturated rings. The van der Waals surface area contributed by atoms with Crippen LogP contribution in [-0.4, -0.2) is 57.4 Å². The van der Waals surface area contributed by atoms with E-state index in [1.807, 2.05) is 18.2 Å². The minimum atomic E-state index is -0.262. The number of carbonyl (C=O) groups excluding carboxylic acids is 1. The van der Waals surface area contributed by atoms with Crippen LogP contribution in [0.1, 0.15) is 35.6 Å². The van der Waals surface area contributed by atoms with Crippen molar-refractivity contribution < 1.29 is 18.8 Å². The van der Waals surface area contributed by atoms with E-state index >= 15 is 0 Å². The summed E-state index contributed by atoms with van der Waals surface area (Å²) in [6.45, 7) is 3.74. The lowest BCUT2D eigenvalue weighted by Gasteiger charge is -2.32. The van der Waals surface area contributed by atoms with Crippen molar-refractivity contribution in [2.45, 2.75) is 32.3 Å². The number of morpholine rings is 1. The van der Waals surface area contributed by atoms with Gasteiger partial charge in [-0.2, -0.15) is 10.1 Å². The molecule has 9 nitrogen and oxygen atoms in total. The molecule has 1 aliphatic heterocycles. The molecule has 4 rings (SSSR count). The lowest BCUT2D eigenvalue weighted by Crippen LogP contribution is -2.42. The van der Waals surface area contributed by atoms with Gasteiger partial charge in [0.05, 0.1) is 25.5 Å². The second kappa shape index (κ2) is 9.93. The third-order valence-electron chi connectivity index (χ3n) is 4.96. The van der Waals surface area contributed by atoms with Gasteiger partial charge in [0.1, 0.15) is 11.9 Å². The molecule has 0 radical (unpaired) electrons. The second-order valence-electron chi connectivity index (χ2n) is 7.31. The number of aryl methyl sites for hydroxylation is 2. The Morgan fingerprint density at radius 1 is 1.35 bits per heavy atom. The summed E-state index contributed by atoms with van der Waals surface area (Å²) < 4.78 is 16.6. The molecule has 0 bridgehead atoms. The molecule has 0 saturated carbocycles. The van der Waals surface area contributed by atoms with Gasteiger partial charge in [-0.15, -0.1) is 0 Å². The van der Waals surface area contributed by atoms with E-state index in [2.05, 4.69) is 20.3 Å². The van der Waals surface area contributed by atoms with Crippen LogP contribution < -0.4 is 4.74 Å². The van der Waals surface area contributed by atoms with Gasteiger partial charge in [0, 0.05) is 36.5 Å². The van der Waals surface area contributed by atoms with Gasteiger partial charge < -0.3 is 18.9 Å². The van der Waals surface area contributed by atoms with E-state index in [9.17, 15) is 4.79 Å². The molecule has 0 spiro atoms. The first-order chi connectivity index (χ1) is 15.1. The number of hydrogen-bond donors (Lipinski definition) is 1. The Morgan fingerprint density at radius 3 is 3.06 bits per heavy atom. The summed E-state index contributed by atoms with van der Waals surface area (Å²) in [6.07, 6.45) is 1.16. The highest BCUT2D eigenvalue weighted by atomic mass is 35.5. The number of H-pyrrole nitrogens is 1. The summed E-state index contributed by atoms with van der Waals surface area (Å²) in [5.41, 5.74) is 1.72. The van der Waals surface area contributed by atoms with Gasteiger partial charge in [-0.25, -0.2) is 0 Å². The van der Waals surface area contributed by atoms with Crippen molar-refractivity contribution in [2.75, 3.05) is 26.3 Å². The number of carbonyl (C=O) groups is 1. The van der Waals surface area contributed by atoms with Crippen molar-refractivity contribution in [1.82, 2.24) is 25.2 Å². The summed E-state index contributed by atoms with van der Waals surface area (Å²) in [6, 6.07) is 9.26. The van der Waals surface area contributed by atoms with Crippen molar-refractivity contribution in [3.8, 4) is 5.75 Å². The van der Waals surface area contributed by atoms with Crippen molar-refractivity contribution in [3.05, 3.63) is 58.5 Å². The largest absolute Gasteiger partial charge is 0.493 e. The number of halogens is 1. The zero-order valence-corrected chi connectivity index (χ0v) is 18.0. The highest BCUT2D eigenvalue weighted by molar-refractivity contribution is 6.30. The van der Waals surface area contributed by atoms with E-state index in [4.69, 9.17) is 25.6 Å². The lowest BCUT2D eigenvalue weighted by atomic mass is 10.1. The summed E-state index contributed by atoms with van der Waals surface area (Å²) in [5, 5.41) is 11.8. The Morgan fingerprint density at radius 2 is 2.26 bits per heavy atom. The zero-order valence-electron chi connectivity index (χ0n) is 17.2. The molecule has 1 N–H and O–H groups in total. The first kappa shape index (κ1) is 21.3. The maximum absolute atomic E-state index is 12.6. The quantitative estimate of drug-likeness (QED) is 0.568. The number of aromatic amines is 1. The van der Waals surface area contributed by atoms with Crippen LogP contribution in [0.2, 0.25) is 5.02 Å². The van der Waals surface area contributed by atoms with Gasteiger partial charge in [0.15, 0.2) is 5.82 Å². The fourth-order valence-electron chi connectivity index (χ4n) is 3.38. The second-order valence-corrected chi connectivity index (χ2v) is 7.74. The first-order valence-electron chi connectivity index (χ1n) is 10.2. The van der Waals surface area contributed by atoms with Gasteiger partial charge in [0.25, 0.3) is 0 Å². The Hall–Kier alpha value is -2.91. The van der Waals surface area contributed by atoms with E-state index in [-0.39, 0.29) is 12.0 Å². The molecule has 2 aromatic heterocycles. The molecule has 0 aliphatic carbocycles. The minimum absolute atomic E-state index is 0.0369. The molecule has 1 aromatic carbocycles. The van der Waals surface area contributed by atoms with Crippen LogP contribution in [-0.2, 0) is 22.4 Å². The van der Waals surface area contributed by atoms with E-state index in [0.29, 0.717) is 62.3 Å². The molecule has 31 heavy (non-hydrogen) atoms. The summed E-state index contributed by atoms with van der Waals surface area (Å²) in [7, 11) is 0. The third kappa shape index (κ3) is 5.83. The Balaban J connectivity index is 1.26. The molecule has 3 heterocycles. The van der Waals surface area contributed by atoms with Gasteiger partial charge in [0.2, 0.25) is 11.8 Å². The fraction of sp³-hybridized carbons (Fsp3) is 0.429. The predicted molar refractivity (Wildman–Crippen MR) is 112 cm³/mol. The Kier molecular flexibility index (Phi) is 6.83. The van der Waals surface area contributed by atoms with E-state index in [1.165, 1.54) is 0 Å². The van der Waals surface area contributed by atoms with Crippen LogP contribution in [0.5, 0.6) is 5.75 Å². The molecule has 1 atom stereocenters. The number of aromatic nitrogens is 4. The maximum atomic E-state index is 12.6. The Labute approximate surface area is 184 Å². The monoisotopic (exact) mass is 445 g/mol. The van der Waals surface area contributed by atoms with Crippen LogP contribution in [0.3, 0.4) is 0 Å². The van der Waals surface area contributed by atoms with Gasteiger partial charge in [-0.3, -0.25) is 9.89 Å². The lowest BCUT2D eigenvalue weighted by molar-refractivity contribution is -0.139. The highest BCUT2D eigenvalue weighted by Gasteiger charge is 2.27. The Bertz CT molecular complexity index is 1020. The van der Waals surface area contributed by atoms with Crippen molar-refractivity contribution in [3.63, 3.8) is 0 Å². The highest BCUT2D eigenvalue weighted by Crippen LogP contribution is 2.22. The molecule has 10 heteroatoms. The predicted octanol–water partition coefficient (Wildman–Crippen LogP) is 2.91. The first-order valence-corrected chi connectivity index (χ1v) is 10.6. The molecule has 164 valence electrons. The minimum Gasteiger partial charge on any atom is -0.493 e. The molecule has 1 amide bonds. The average Bonchev–Trinajstić information content (AvgIpc) is 3.41. The standard InChI is InChI=1S/C21H24ClN5O4/c1-14-23-20(31-26-14)5-6-21(28)27-8-10-30-19(13-27)18-12-16(24-25-18)7-9-29-17-4-2-3-15(22)11-17/h2-4,11-12,19H,5-10,13H2,1H3,(H,24,25)/t19-/m0/s1. The summed E-state index contributed by atoms with van der Waals surface area (Å²) in [5.74, 6) is 1.82. The smallest absolute Gasteiger partial charge is 0.227 e. The number of nitrogens with one attached hydrogen (secondary N) is 1. The normalized spacial score (nSPS) is 16.5.